The van der Waals surface area contributed by atoms with Crippen LogP contribution in [0.25, 0.3) is 0 Å². The van der Waals surface area contributed by atoms with Crippen LogP contribution in [0.2, 0.25) is 0 Å². The van der Waals surface area contributed by atoms with E-state index in [-0.39, 0.29) is 23.0 Å². The van der Waals surface area contributed by atoms with Gasteiger partial charge in [-0.05, 0) is 23.5 Å². The Kier molecular flexibility index (Phi) is 4.58. The highest BCUT2D eigenvalue weighted by Gasteiger charge is 2.24. The van der Waals surface area contributed by atoms with Gasteiger partial charge in [0.05, 0.1) is 6.54 Å². The molecule has 1 aromatic heterocycles. The van der Waals surface area contributed by atoms with E-state index in [0.717, 1.165) is 0 Å². The molecule has 1 atom stereocenters. The van der Waals surface area contributed by atoms with Crippen molar-refractivity contribution in [2.45, 2.75) is 39.3 Å². The molecule has 5 nitrogen and oxygen atoms in total. The third-order valence-corrected chi connectivity index (χ3v) is 4.46. The fraction of sp³-hybridized carbons (Fsp3) is 0.667. The van der Waals surface area contributed by atoms with Crippen LogP contribution in [0.1, 0.15) is 33.5 Å². The number of nitrogens with one attached hydrogen (secondary N) is 1. The van der Waals surface area contributed by atoms with Crippen LogP contribution in [0.3, 0.4) is 0 Å². The molecule has 0 saturated carbocycles. The normalized spacial score (nSPS) is 14.7. The van der Waals surface area contributed by atoms with Crippen LogP contribution in [0.4, 0.5) is 0 Å². The van der Waals surface area contributed by atoms with E-state index in [4.69, 9.17) is 10.2 Å². The summed E-state index contributed by atoms with van der Waals surface area (Å²) in [6.45, 7) is 8.80. The summed E-state index contributed by atoms with van der Waals surface area (Å²) in [7, 11) is -3.58. The van der Waals surface area contributed by atoms with E-state index in [1.165, 1.54) is 6.07 Å². The molecular formula is C12H22N2O3S. The second-order valence-electron chi connectivity index (χ2n) is 5.54. The van der Waals surface area contributed by atoms with Crippen LogP contribution in [-0.2, 0) is 16.6 Å². The Morgan fingerprint density at radius 1 is 1.39 bits per heavy atom. The van der Waals surface area contributed by atoms with Gasteiger partial charge in [-0.15, -0.1) is 0 Å². The average molecular weight is 274 g/mol. The van der Waals surface area contributed by atoms with Crippen LogP contribution < -0.4 is 10.5 Å². The minimum absolute atomic E-state index is 0.0497. The molecule has 18 heavy (non-hydrogen) atoms. The zero-order chi connectivity index (χ0) is 14.0. The van der Waals surface area contributed by atoms with Gasteiger partial charge in [0.2, 0.25) is 5.09 Å². The van der Waals surface area contributed by atoms with Crippen LogP contribution in [0, 0.1) is 11.3 Å². The van der Waals surface area contributed by atoms with Gasteiger partial charge in [-0.25, -0.2) is 13.1 Å². The highest BCUT2D eigenvalue weighted by Crippen LogP contribution is 2.25. The Labute approximate surface area is 109 Å². The Morgan fingerprint density at radius 2 is 2.00 bits per heavy atom. The molecule has 1 rings (SSSR count). The Morgan fingerprint density at radius 3 is 2.44 bits per heavy atom. The maximum absolute atomic E-state index is 11.9. The van der Waals surface area contributed by atoms with Gasteiger partial charge in [-0.1, -0.05) is 27.7 Å². The summed E-state index contributed by atoms with van der Waals surface area (Å²) in [5.74, 6) is 0.676. The van der Waals surface area contributed by atoms with E-state index in [9.17, 15) is 8.42 Å². The van der Waals surface area contributed by atoms with Crippen molar-refractivity contribution in [2.75, 3.05) is 6.54 Å². The fourth-order valence-electron chi connectivity index (χ4n) is 1.22. The van der Waals surface area contributed by atoms with Crippen molar-refractivity contribution in [1.82, 2.24) is 4.72 Å². The van der Waals surface area contributed by atoms with E-state index in [0.29, 0.717) is 12.3 Å². The van der Waals surface area contributed by atoms with Gasteiger partial charge >= 0.3 is 0 Å². The topological polar surface area (TPSA) is 85.3 Å². The number of sulfonamides is 1. The maximum Gasteiger partial charge on any atom is 0.273 e. The molecule has 0 saturated heterocycles. The van der Waals surface area contributed by atoms with Crippen molar-refractivity contribution < 1.29 is 12.8 Å². The van der Waals surface area contributed by atoms with Gasteiger partial charge in [0.25, 0.3) is 10.0 Å². The molecule has 0 aliphatic carbocycles. The molecular weight excluding hydrogens is 252 g/mol. The van der Waals surface area contributed by atoms with Crippen molar-refractivity contribution in [1.29, 1.82) is 0 Å². The van der Waals surface area contributed by atoms with Crippen molar-refractivity contribution in [2.24, 2.45) is 17.1 Å². The standard InChI is InChI=1S/C12H22N2O3S/c1-9(12(2,3)4)8-14-18(15,16)11-6-5-10(7-13)17-11/h5-6,9,14H,7-8,13H2,1-4H3. The van der Waals surface area contributed by atoms with Crippen molar-refractivity contribution in [3.05, 3.63) is 17.9 Å². The summed E-state index contributed by atoms with van der Waals surface area (Å²) in [4.78, 5) is 0. The van der Waals surface area contributed by atoms with Crippen molar-refractivity contribution in [3.8, 4) is 0 Å². The molecule has 1 heterocycles. The first-order valence-corrected chi connectivity index (χ1v) is 7.43. The minimum atomic E-state index is -3.58. The van der Waals surface area contributed by atoms with Crippen molar-refractivity contribution in [3.63, 3.8) is 0 Å². The fourth-order valence-corrected chi connectivity index (χ4v) is 2.30. The lowest BCUT2D eigenvalue weighted by Crippen LogP contribution is -2.33. The van der Waals surface area contributed by atoms with Gasteiger partial charge in [0, 0.05) is 6.54 Å². The van der Waals surface area contributed by atoms with Crippen LogP contribution in [0.5, 0.6) is 0 Å². The summed E-state index contributed by atoms with van der Waals surface area (Å²) in [6, 6.07) is 2.99. The Balaban J connectivity index is 2.71. The lowest BCUT2D eigenvalue weighted by atomic mass is 9.82. The first-order chi connectivity index (χ1) is 8.16. The summed E-state index contributed by atoms with van der Waals surface area (Å²) in [5.41, 5.74) is 5.43. The second-order valence-corrected chi connectivity index (χ2v) is 7.24. The van der Waals surface area contributed by atoms with E-state index in [1.807, 2.05) is 6.92 Å². The van der Waals surface area contributed by atoms with E-state index < -0.39 is 10.0 Å². The third kappa shape index (κ3) is 3.83. The first kappa shape index (κ1) is 15.2. The van der Waals surface area contributed by atoms with Crippen LogP contribution in [0.15, 0.2) is 21.6 Å². The lowest BCUT2D eigenvalue weighted by Gasteiger charge is -2.27. The molecule has 1 aromatic rings. The SMILES string of the molecule is CC(CNS(=O)(=O)c1ccc(CN)o1)C(C)(C)C. The number of hydrogen-bond donors (Lipinski definition) is 2. The quantitative estimate of drug-likeness (QED) is 0.855. The molecule has 0 aliphatic rings. The predicted octanol–water partition coefficient (Wildman–Crippen LogP) is 1.70. The Hall–Kier alpha value is -0.850. The molecule has 0 fully saturated rings. The highest BCUT2D eigenvalue weighted by molar-refractivity contribution is 7.89. The molecule has 0 radical (unpaired) electrons. The largest absolute Gasteiger partial charge is 0.447 e. The third-order valence-electron chi connectivity index (χ3n) is 3.16. The maximum atomic E-state index is 11.9. The van der Waals surface area contributed by atoms with Gasteiger partial charge in [-0.3, -0.25) is 0 Å². The smallest absolute Gasteiger partial charge is 0.273 e. The number of nitrogens with two attached hydrogens (primary N) is 1. The number of furan rings is 1. The zero-order valence-corrected chi connectivity index (χ0v) is 12.2. The average Bonchev–Trinajstić information content (AvgIpc) is 2.73. The van der Waals surface area contributed by atoms with Crippen molar-refractivity contribution >= 4 is 10.0 Å². The minimum Gasteiger partial charge on any atom is -0.447 e. The molecule has 0 bridgehead atoms. The lowest BCUT2D eigenvalue weighted by molar-refractivity contribution is 0.262. The molecule has 0 amide bonds. The van der Waals surface area contributed by atoms with E-state index in [2.05, 4.69) is 25.5 Å². The zero-order valence-electron chi connectivity index (χ0n) is 11.4. The highest BCUT2D eigenvalue weighted by atomic mass is 32.2. The molecule has 0 aliphatic heterocycles. The summed E-state index contributed by atoms with van der Waals surface area (Å²) >= 11 is 0. The molecule has 0 aromatic carbocycles. The Bertz CT molecular complexity index is 486. The molecule has 1 unspecified atom stereocenters. The summed E-state index contributed by atoms with van der Waals surface area (Å²) < 4.78 is 31.6. The molecule has 104 valence electrons. The number of rotatable bonds is 5. The molecule has 0 spiro atoms. The van der Waals surface area contributed by atoms with Crippen LogP contribution in [-0.4, -0.2) is 15.0 Å². The second kappa shape index (κ2) is 5.42. The van der Waals surface area contributed by atoms with E-state index >= 15 is 0 Å². The van der Waals surface area contributed by atoms with Gasteiger partial charge in [-0.2, -0.15) is 0 Å². The van der Waals surface area contributed by atoms with Gasteiger partial charge in [0.1, 0.15) is 5.76 Å². The molecule has 3 N–H and O–H groups in total. The summed E-state index contributed by atoms with van der Waals surface area (Å²) in [6.07, 6.45) is 0. The van der Waals surface area contributed by atoms with E-state index in [1.54, 1.807) is 6.07 Å². The summed E-state index contributed by atoms with van der Waals surface area (Å²) in [5, 5.41) is -0.0796. The molecule has 6 heteroatoms. The predicted molar refractivity (Wildman–Crippen MR) is 70.4 cm³/mol. The monoisotopic (exact) mass is 274 g/mol. The first-order valence-electron chi connectivity index (χ1n) is 5.95. The van der Waals surface area contributed by atoms with Crippen LogP contribution >= 0.6 is 0 Å². The van der Waals surface area contributed by atoms with Gasteiger partial charge < -0.3 is 10.2 Å². The number of hydrogen-bond acceptors (Lipinski definition) is 4. The van der Waals surface area contributed by atoms with Gasteiger partial charge in [0.15, 0.2) is 0 Å².